The molecule has 1 N–H and O–H groups in total. The van der Waals surface area contributed by atoms with Crippen molar-refractivity contribution in [2.45, 2.75) is 32.9 Å². The van der Waals surface area contributed by atoms with Gasteiger partial charge in [-0.2, -0.15) is 5.10 Å². The van der Waals surface area contributed by atoms with E-state index in [9.17, 15) is 9.18 Å². The minimum atomic E-state index is -0.244. The van der Waals surface area contributed by atoms with Crippen LogP contribution in [-0.2, 0) is 11.3 Å². The van der Waals surface area contributed by atoms with E-state index in [0.29, 0.717) is 0 Å². The highest BCUT2D eigenvalue weighted by Gasteiger charge is 2.28. The van der Waals surface area contributed by atoms with E-state index < -0.39 is 0 Å². The van der Waals surface area contributed by atoms with E-state index in [1.165, 1.54) is 12.1 Å². The van der Waals surface area contributed by atoms with E-state index in [-0.39, 0.29) is 17.8 Å². The third-order valence-electron chi connectivity index (χ3n) is 4.68. The van der Waals surface area contributed by atoms with Gasteiger partial charge in [-0.1, -0.05) is 0 Å². The van der Waals surface area contributed by atoms with Crippen LogP contribution >= 0.6 is 0 Å². The zero-order chi connectivity index (χ0) is 17.1. The SMILES string of the molecule is CCN(C(C)=O)[C@H]1CCN(Cc2cn[nH]c2-c2ccc(F)cc2)C1. The van der Waals surface area contributed by atoms with Gasteiger partial charge in [-0.15, -0.1) is 0 Å². The second kappa shape index (κ2) is 7.13. The van der Waals surface area contributed by atoms with Crippen LogP contribution in [0.15, 0.2) is 30.5 Å². The fourth-order valence-electron chi connectivity index (χ4n) is 3.49. The van der Waals surface area contributed by atoms with E-state index >= 15 is 0 Å². The molecule has 24 heavy (non-hydrogen) atoms. The largest absolute Gasteiger partial charge is 0.339 e. The lowest BCUT2D eigenvalue weighted by Crippen LogP contribution is -2.40. The first-order valence-electron chi connectivity index (χ1n) is 8.36. The lowest BCUT2D eigenvalue weighted by Gasteiger charge is -2.26. The molecule has 2 heterocycles. The van der Waals surface area contributed by atoms with Gasteiger partial charge in [-0.25, -0.2) is 4.39 Å². The van der Waals surface area contributed by atoms with Gasteiger partial charge in [0.05, 0.1) is 11.9 Å². The number of aromatic amines is 1. The van der Waals surface area contributed by atoms with E-state index in [2.05, 4.69) is 15.1 Å². The molecule has 1 fully saturated rings. The van der Waals surface area contributed by atoms with Gasteiger partial charge in [0.1, 0.15) is 5.82 Å². The number of benzene rings is 1. The van der Waals surface area contributed by atoms with Crippen molar-refractivity contribution >= 4 is 5.91 Å². The van der Waals surface area contributed by atoms with Crippen LogP contribution in [-0.4, -0.2) is 51.6 Å². The minimum Gasteiger partial charge on any atom is -0.339 e. The number of rotatable bonds is 5. The predicted molar refractivity (Wildman–Crippen MR) is 90.7 cm³/mol. The van der Waals surface area contributed by atoms with Crippen molar-refractivity contribution < 1.29 is 9.18 Å². The third kappa shape index (κ3) is 3.48. The standard InChI is InChI=1S/C18H23FN4O/c1-3-23(13(2)24)17-8-9-22(12-17)11-15-10-20-21-18(15)14-4-6-16(19)7-5-14/h4-7,10,17H,3,8-9,11-12H2,1-2H3,(H,20,21)/t17-/m0/s1. The van der Waals surface area contributed by atoms with E-state index in [0.717, 1.165) is 49.4 Å². The van der Waals surface area contributed by atoms with E-state index in [1.807, 2.05) is 18.0 Å². The molecule has 2 aromatic rings. The van der Waals surface area contributed by atoms with Gasteiger partial charge in [-0.3, -0.25) is 14.8 Å². The first kappa shape index (κ1) is 16.6. The van der Waals surface area contributed by atoms with Crippen LogP contribution in [0.5, 0.6) is 0 Å². The molecule has 0 aliphatic carbocycles. The highest BCUT2D eigenvalue weighted by molar-refractivity contribution is 5.73. The third-order valence-corrected chi connectivity index (χ3v) is 4.68. The summed E-state index contributed by atoms with van der Waals surface area (Å²) >= 11 is 0. The maximum absolute atomic E-state index is 13.1. The molecule has 0 spiro atoms. The smallest absolute Gasteiger partial charge is 0.219 e. The summed E-state index contributed by atoms with van der Waals surface area (Å²) in [6.07, 6.45) is 2.83. The number of likely N-dealkylation sites (N-methyl/N-ethyl adjacent to an activating group) is 1. The Bertz CT molecular complexity index is 697. The first-order chi connectivity index (χ1) is 11.6. The molecule has 128 valence electrons. The Labute approximate surface area is 141 Å². The summed E-state index contributed by atoms with van der Waals surface area (Å²) in [7, 11) is 0. The molecule has 1 aromatic carbocycles. The zero-order valence-corrected chi connectivity index (χ0v) is 14.1. The predicted octanol–water partition coefficient (Wildman–Crippen LogP) is 2.66. The van der Waals surface area contributed by atoms with Gasteiger partial charge in [0.15, 0.2) is 0 Å². The topological polar surface area (TPSA) is 52.2 Å². The number of hydrogen-bond acceptors (Lipinski definition) is 3. The Morgan fingerprint density at radius 3 is 2.83 bits per heavy atom. The van der Waals surface area contributed by atoms with Crippen molar-refractivity contribution in [1.29, 1.82) is 0 Å². The lowest BCUT2D eigenvalue weighted by molar-refractivity contribution is -0.130. The normalized spacial score (nSPS) is 18.0. The van der Waals surface area contributed by atoms with Gasteiger partial charge in [0.25, 0.3) is 0 Å². The summed E-state index contributed by atoms with van der Waals surface area (Å²) < 4.78 is 13.1. The van der Waals surface area contributed by atoms with Crippen molar-refractivity contribution in [2.24, 2.45) is 0 Å². The van der Waals surface area contributed by atoms with Gasteiger partial charge in [0.2, 0.25) is 5.91 Å². The monoisotopic (exact) mass is 330 g/mol. The highest BCUT2D eigenvalue weighted by atomic mass is 19.1. The molecule has 0 unspecified atom stereocenters. The summed E-state index contributed by atoms with van der Waals surface area (Å²) in [6.45, 7) is 7.02. The molecule has 1 aliphatic rings. The fourth-order valence-corrected chi connectivity index (χ4v) is 3.49. The van der Waals surface area contributed by atoms with Crippen LogP contribution in [0.3, 0.4) is 0 Å². The number of hydrogen-bond donors (Lipinski definition) is 1. The summed E-state index contributed by atoms with van der Waals surface area (Å²) in [5, 5.41) is 7.17. The maximum Gasteiger partial charge on any atom is 0.219 e. The Morgan fingerprint density at radius 2 is 2.17 bits per heavy atom. The van der Waals surface area contributed by atoms with Crippen molar-refractivity contribution in [3.63, 3.8) is 0 Å². The molecule has 0 bridgehead atoms. The molecular formula is C18H23FN4O. The quantitative estimate of drug-likeness (QED) is 0.917. The number of carbonyl (C=O) groups excluding carboxylic acids is 1. The Morgan fingerprint density at radius 1 is 1.42 bits per heavy atom. The molecule has 6 heteroatoms. The van der Waals surface area contributed by atoms with Crippen LogP contribution in [0.4, 0.5) is 4.39 Å². The number of nitrogens with zero attached hydrogens (tertiary/aromatic N) is 3. The number of halogens is 1. The summed E-state index contributed by atoms with van der Waals surface area (Å²) in [5.74, 6) is -0.106. The number of carbonyl (C=O) groups is 1. The average Bonchev–Trinajstić information content (AvgIpc) is 3.19. The molecule has 1 atom stereocenters. The summed E-state index contributed by atoms with van der Waals surface area (Å²) in [4.78, 5) is 16.0. The summed E-state index contributed by atoms with van der Waals surface area (Å²) in [5.41, 5.74) is 2.95. The molecule has 1 aromatic heterocycles. The van der Waals surface area contributed by atoms with Crippen molar-refractivity contribution in [3.05, 3.63) is 41.8 Å². The molecule has 1 saturated heterocycles. The number of H-pyrrole nitrogens is 1. The van der Waals surface area contributed by atoms with Gasteiger partial charge >= 0.3 is 0 Å². The average molecular weight is 330 g/mol. The number of aromatic nitrogens is 2. The molecule has 3 rings (SSSR count). The van der Waals surface area contributed by atoms with Crippen LogP contribution in [0.2, 0.25) is 0 Å². The van der Waals surface area contributed by atoms with Crippen LogP contribution in [0.25, 0.3) is 11.3 Å². The van der Waals surface area contributed by atoms with Crippen molar-refractivity contribution in [1.82, 2.24) is 20.0 Å². The maximum atomic E-state index is 13.1. The fraction of sp³-hybridized carbons (Fsp3) is 0.444. The second-order valence-corrected chi connectivity index (χ2v) is 6.26. The molecule has 5 nitrogen and oxygen atoms in total. The molecule has 1 amide bonds. The second-order valence-electron chi connectivity index (χ2n) is 6.26. The van der Waals surface area contributed by atoms with E-state index in [4.69, 9.17) is 0 Å². The zero-order valence-electron chi connectivity index (χ0n) is 14.1. The molecular weight excluding hydrogens is 307 g/mol. The minimum absolute atomic E-state index is 0.139. The van der Waals surface area contributed by atoms with Crippen LogP contribution in [0, 0.1) is 5.82 Å². The highest BCUT2D eigenvalue weighted by Crippen LogP contribution is 2.25. The van der Waals surface area contributed by atoms with Crippen molar-refractivity contribution in [3.8, 4) is 11.3 Å². The van der Waals surface area contributed by atoms with E-state index in [1.54, 1.807) is 19.1 Å². The number of likely N-dealkylation sites (tertiary alicyclic amines) is 1. The van der Waals surface area contributed by atoms with Crippen LogP contribution < -0.4 is 0 Å². The first-order valence-corrected chi connectivity index (χ1v) is 8.36. The lowest BCUT2D eigenvalue weighted by atomic mass is 10.1. The Kier molecular flexibility index (Phi) is 4.94. The van der Waals surface area contributed by atoms with Crippen molar-refractivity contribution in [2.75, 3.05) is 19.6 Å². The Balaban J connectivity index is 1.69. The number of amides is 1. The van der Waals surface area contributed by atoms with Gasteiger partial charge < -0.3 is 4.90 Å². The molecule has 0 saturated carbocycles. The van der Waals surface area contributed by atoms with Gasteiger partial charge in [0, 0.05) is 50.3 Å². The molecule has 0 radical (unpaired) electrons. The van der Waals surface area contributed by atoms with Crippen LogP contribution in [0.1, 0.15) is 25.8 Å². The Hall–Kier alpha value is -2.21. The number of nitrogens with one attached hydrogen (secondary N) is 1. The van der Waals surface area contributed by atoms with Gasteiger partial charge in [-0.05, 0) is 37.6 Å². The molecule has 1 aliphatic heterocycles. The summed E-state index contributed by atoms with van der Waals surface area (Å²) in [6, 6.07) is 6.71.